The molecule has 0 aliphatic carbocycles. The molecule has 0 saturated heterocycles. The summed E-state index contributed by atoms with van der Waals surface area (Å²) in [6.07, 6.45) is 1.46. The Hall–Kier alpha value is -1.35. The summed E-state index contributed by atoms with van der Waals surface area (Å²) in [7, 11) is 0. The van der Waals surface area contributed by atoms with Crippen LogP contribution in [0.1, 0.15) is 36.1 Å². The largest absolute Gasteiger partial charge is 0.466 e. The molecule has 1 atom stereocenters. The van der Waals surface area contributed by atoms with Crippen LogP contribution < -0.4 is 5.32 Å². The highest BCUT2D eigenvalue weighted by atomic mass is 16.5. The van der Waals surface area contributed by atoms with Crippen LogP contribution in [-0.4, -0.2) is 19.1 Å². The molecule has 1 heterocycles. The summed E-state index contributed by atoms with van der Waals surface area (Å²) in [5.74, 6) is -0.126. The summed E-state index contributed by atoms with van der Waals surface area (Å²) in [6.45, 7) is 5.30. The van der Waals surface area contributed by atoms with E-state index in [9.17, 15) is 4.79 Å². The van der Waals surface area contributed by atoms with Gasteiger partial charge in [-0.2, -0.15) is 0 Å². The Kier molecular flexibility index (Phi) is 3.79. The number of hydrogen-bond acceptors (Lipinski definition) is 3. The lowest BCUT2D eigenvalue weighted by Crippen LogP contribution is -2.31. The smallest absolute Gasteiger partial charge is 0.307 e. The first-order valence-corrected chi connectivity index (χ1v) is 6.19. The van der Waals surface area contributed by atoms with Gasteiger partial charge in [0.1, 0.15) is 0 Å². The minimum atomic E-state index is -0.126. The molecule has 1 aliphatic heterocycles. The summed E-state index contributed by atoms with van der Waals surface area (Å²) in [6, 6.07) is 6.58. The van der Waals surface area contributed by atoms with Crippen LogP contribution >= 0.6 is 0 Å². The second-order valence-electron chi connectivity index (χ2n) is 4.47. The number of ether oxygens (including phenoxy) is 1. The highest BCUT2D eigenvalue weighted by molar-refractivity contribution is 5.70. The topological polar surface area (TPSA) is 38.3 Å². The van der Waals surface area contributed by atoms with Crippen LogP contribution in [0.5, 0.6) is 0 Å². The van der Waals surface area contributed by atoms with Crippen molar-refractivity contribution in [3.8, 4) is 0 Å². The molecule has 0 amide bonds. The van der Waals surface area contributed by atoms with Crippen LogP contribution in [0.15, 0.2) is 18.2 Å². The van der Waals surface area contributed by atoms with Gasteiger partial charge < -0.3 is 10.1 Å². The Morgan fingerprint density at radius 2 is 2.35 bits per heavy atom. The van der Waals surface area contributed by atoms with Crippen LogP contribution in [0.2, 0.25) is 0 Å². The summed E-state index contributed by atoms with van der Waals surface area (Å²) in [5, 5.41) is 3.39. The Labute approximate surface area is 102 Å². The predicted molar refractivity (Wildman–Crippen MR) is 66.9 cm³/mol. The highest BCUT2D eigenvalue weighted by Crippen LogP contribution is 2.26. The van der Waals surface area contributed by atoms with Gasteiger partial charge >= 0.3 is 5.97 Å². The van der Waals surface area contributed by atoms with Gasteiger partial charge in [-0.3, -0.25) is 4.79 Å². The zero-order chi connectivity index (χ0) is 12.3. The Balaban J connectivity index is 2.16. The van der Waals surface area contributed by atoms with Gasteiger partial charge in [0.05, 0.1) is 13.0 Å². The maximum atomic E-state index is 11.5. The van der Waals surface area contributed by atoms with Gasteiger partial charge in [-0.05, 0) is 37.9 Å². The summed E-state index contributed by atoms with van der Waals surface area (Å²) < 4.78 is 5.01. The molecule has 0 aromatic heterocycles. The molecule has 92 valence electrons. The molecule has 0 bridgehead atoms. The van der Waals surface area contributed by atoms with Crippen LogP contribution in [0.4, 0.5) is 0 Å². The number of carbonyl (C=O) groups excluding carboxylic acids is 1. The molecule has 0 spiro atoms. The molecule has 3 heteroatoms. The van der Waals surface area contributed by atoms with Crippen LogP contribution in [0.3, 0.4) is 0 Å². The first-order chi connectivity index (χ1) is 8.20. The molecule has 0 fully saturated rings. The molecule has 2 rings (SSSR count). The molecule has 1 aliphatic rings. The van der Waals surface area contributed by atoms with E-state index in [1.165, 1.54) is 16.7 Å². The molecule has 0 saturated carbocycles. The van der Waals surface area contributed by atoms with E-state index < -0.39 is 0 Å². The molecular weight excluding hydrogens is 214 g/mol. The first kappa shape index (κ1) is 12.1. The second-order valence-corrected chi connectivity index (χ2v) is 4.47. The van der Waals surface area contributed by atoms with Crippen molar-refractivity contribution in [3.05, 3.63) is 34.9 Å². The van der Waals surface area contributed by atoms with E-state index in [1.54, 1.807) is 0 Å². The minimum Gasteiger partial charge on any atom is -0.466 e. The van der Waals surface area contributed by atoms with E-state index in [-0.39, 0.29) is 12.0 Å². The number of hydrogen-bond donors (Lipinski definition) is 1. The van der Waals surface area contributed by atoms with Gasteiger partial charge in [0, 0.05) is 6.04 Å². The van der Waals surface area contributed by atoms with E-state index in [0.717, 1.165) is 13.0 Å². The monoisotopic (exact) mass is 233 g/mol. The van der Waals surface area contributed by atoms with Crippen LogP contribution in [-0.2, 0) is 16.0 Å². The SMILES string of the molecule is CCOC(=O)CC1NCCc2ccc(C)cc21. The zero-order valence-electron chi connectivity index (χ0n) is 10.5. The average molecular weight is 233 g/mol. The van der Waals surface area contributed by atoms with Gasteiger partial charge in [0.2, 0.25) is 0 Å². The van der Waals surface area contributed by atoms with E-state index >= 15 is 0 Å². The van der Waals surface area contributed by atoms with E-state index in [4.69, 9.17) is 4.74 Å². The zero-order valence-corrected chi connectivity index (χ0v) is 10.5. The molecule has 3 nitrogen and oxygen atoms in total. The highest BCUT2D eigenvalue weighted by Gasteiger charge is 2.22. The molecule has 1 unspecified atom stereocenters. The van der Waals surface area contributed by atoms with Gasteiger partial charge in [-0.15, -0.1) is 0 Å². The maximum Gasteiger partial charge on any atom is 0.307 e. The van der Waals surface area contributed by atoms with Gasteiger partial charge in [-0.25, -0.2) is 0 Å². The second kappa shape index (κ2) is 5.32. The lowest BCUT2D eigenvalue weighted by molar-refractivity contribution is -0.143. The van der Waals surface area contributed by atoms with E-state index in [0.29, 0.717) is 13.0 Å². The molecule has 1 N–H and O–H groups in total. The number of rotatable bonds is 3. The van der Waals surface area contributed by atoms with Crippen LogP contribution in [0, 0.1) is 6.92 Å². The number of aryl methyl sites for hydroxylation is 1. The molecule has 1 aromatic carbocycles. The fourth-order valence-electron chi connectivity index (χ4n) is 2.33. The van der Waals surface area contributed by atoms with Gasteiger partial charge in [0.15, 0.2) is 0 Å². The van der Waals surface area contributed by atoms with Gasteiger partial charge in [0.25, 0.3) is 0 Å². The average Bonchev–Trinajstić information content (AvgIpc) is 2.30. The third kappa shape index (κ3) is 2.86. The number of benzene rings is 1. The van der Waals surface area contributed by atoms with Crippen molar-refractivity contribution >= 4 is 5.97 Å². The third-order valence-electron chi connectivity index (χ3n) is 3.14. The van der Waals surface area contributed by atoms with Crippen molar-refractivity contribution in [2.45, 2.75) is 32.7 Å². The fraction of sp³-hybridized carbons (Fsp3) is 0.500. The third-order valence-corrected chi connectivity index (χ3v) is 3.14. The minimum absolute atomic E-state index is 0.109. The number of fused-ring (bicyclic) bond motifs is 1. The maximum absolute atomic E-state index is 11.5. The van der Waals surface area contributed by atoms with E-state index in [1.807, 2.05) is 6.92 Å². The Morgan fingerprint density at radius 3 is 3.12 bits per heavy atom. The van der Waals surface area contributed by atoms with Crippen molar-refractivity contribution in [2.24, 2.45) is 0 Å². The Morgan fingerprint density at radius 1 is 1.53 bits per heavy atom. The fourth-order valence-corrected chi connectivity index (χ4v) is 2.33. The predicted octanol–water partition coefficient (Wildman–Crippen LogP) is 2.14. The van der Waals surface area contributed by atoms with Crippen molar-refractivity contribution in [2.75, 3.05) is 13.2 Å². The first-order valence-electron chi connectivity index (χ1n) is 6.19. The molecular formula is C14H19NO2. The standard InChI is InChI=1S/C14H19NO2/c1-3-17-14(16)9-13-12-8-10(2)4-5-11(12)6-7-15-13/h4-5,8,13,15H,3,6-7,9H2,1-2H3. The Bertz CT molecular complexity index is 415. The lowest BCUT2D eigenvalue weighted by Gasteiger charge is -2.26. The number of carbonyl (C=O) groups is 1. The molecule has 0 radical (unpaired) electrons. The van der Waals surface area contributed by atoms with Crippen molar-refractivity contribution < 1.29 is 9.53 Å². The summed E-state index contributed by atoms with van der Waals surface area (Å²) >= 11 is 0. The van der Waals surface area contributed by atoms with Crippen molar-refractivity contribution in [1.29, 1.82) is 0 Å². The number of nitrogens with one attached hydrogen (secondary N) is 1. The molecule has 1 aromatic rings. The number of esters is 1. The quantitative estimate of drug-likeness (QED) is 0.813. The summed E-state index contributed by atoms with van der Waals surface area (Å²) in [5.41, 5.74) is 3.84. The van der Waals surface area contributed by atoms with Gasteiger partial charge in [-0.1, -0.05) is 23.8 Å². The van der Waals surface area contributed by atoms with Crippen molar-refractivity contribution in [3.63, 3.8) is 0 Å². The molecule has 17 heavy (non-hydrogen) atoms. The van der Waals surface area contributed by atoms with Crippen molar-refractivity contribution in [1.82, 2.24) is 5.32 Å². The van der Waals surface area contributed by atoms with E-state index in [2.05, 4.69) is 30.4 Å². The lowest BCUT2D eigenvalue weighted by atomic mass is 9.91. The summed E-state index contributed by atoms with van der Waals surface area (Å²) in [4.78, 5) is 11.5. The van der Waals surface area contributed by atoms with Crippen LogP contribution in [0.25, 0.3) is 0 Å². The normalized spacial score (nSPS) is 18.6.